The number of allylic oxidation sites excluding steroid dienone is 1. The summed E-state index contributed by atoms with van der Waals surface area (Å²) in [4.78, 5) is 17.6. The summed E-state index contributed by atoms with van der Waals surface area (Å²) in [5.41, 5.74) is 2.58. The number of hydrogen-bond acceptors (Lipinski definition) is 5. The first-order valence-electron chi connectivity index (χ1n) is 11.7. The van der Waals surface area contributed by atoms with Gasteiger partial charge in [0, 0.05) is 32.7 Å². The molecule has 1 saturated carbocycles. The van der Waals surface area contributed by atoms with Gasteiger partial charge in [0.05, 0.1) is 10.7 Å². The molecule has 0 radical (unpaired) electrons. The van der Waals surface area contributed by atoms with Gasteiger partial charge >= 0.3 is 5.97 Å². The molecule has 4 aliphatic rings. The van der Waals surface area contributed by atoms with Crippen molar-refractivity contribution in [3.8, 4) is 0 Å². The Morgan fingerprint density at radius 2 is 1.90 bits per heavy atom. The maximum absolute atomic E-state index is 13.0. The van der Waals surface area contributed by atoms with Gasteiger partial charge in [0.15, 0.2) is 6.10 Å². The molecule has 0 amide bonds. The Kier molecular flexibility index (Phi) is 5.35. The van der Waals surface area contributed by atoms with Crippen LogP contribution in [0.3, 0.4) is 0 Å². The lowest BCUT2D eigenvalue weighted by molar-refractivity contribution is -0.144. The standard InChI is InChI=1S/C25H33ClN2O3/c1-17-6-5-9-24(2)10-11-25(30)18(23(29)31-22(25)21(17)24)16-27-12-14-28(15-13-27)20-8-4-3-7-19(20)26/h3-4,7-8,18,22,30H,5-6,9-16H2,1-2H3/t18?,22-,24+,25?/m0/s1. The summed E-state index contributed by atoms with van der Waals surface area (Å²) in [7, 11) is 0. The number of aliphatic hydroxyl groups is 1. The average Bonchev–Trinajstić information content (AvgIpc) is 2.99. The lowest BCUT2D eigenvalue weighted by Gasteiger charge is -2.50. The number of ether oxygens (including phenoxy) is 1. The van der Waals surface area contributed by atoms with E-state index < -0.39 is 17.6 Å². The van der Waals surface area contributed by atoms with Gasteiger partial charge in [-0.25, -0.2) is 0 Å². The molecule has 5 nitrogen and oxygen atoms in total. The highest BCUT2D eigenvalue weighted by atomic mass is 35.5. The lowest BCUT2D eigenvalue weighted by Crippen LogP contribution is -2.56. The second-order valence-corrected chi connectivity index (χ2v) is 10.6. The predicted molar refractivity (Wildman–Crippen MR) is 122 cm³/mol. The summed E-state index contributed by atoms with van der Waals surface area (Å²) in [6.07, 6.45) is 4.46. The Labute approximate surface area is 190 Å². The van der Waals surface area contributed by atoms with Gasteiger partial charge in [-0.3, -0.25) is 9.69 Å². The maximum Gasteiger partial charge on any atom is 0.314 e. The molecule has 2 aliphatic carbocycles. The average molecular weight is 445 g/mol. The van der Waals surface area contributed by atoms with Crippen LogP contribution in [0.5, 0.6) is 0 Å². The van der Waals surface area contributed by atoms with Crippen LogP contribution >= 0.6 is 11.6 Å². The van der Waals surface area contributed by atoms with Gasteiger partial charge in [-0.2, -0.15) is 0 Å². The normalized spacial score (nSPS) is 36.3. The third-order valence-electron chi connectivity index (χ3n) is 8.31. The molecule has 2 saturated heterocycles. The van der Waals surface area contributed by atoms with Crippen molar-refractivity contribution in [1.29, 1.82) is 0 Å². The van der Waals surface area contributed by atoms with Crippen LogP contribution in [0.25, 0.3) is 0 Å². The molecule has 2 aliphatic heterocycles. The maximum atomic E-state index is 13.0. The Morgan fingerprint density at radius 1 is 1.16 bits per heavy atom. The van der Waals surface area contributed by atoms with E-state index in [1.54, 1.807) is 0 Å². The number of benzene rings is 1. The molecule has 2 unspecified atom stereocenters. The van der Waals surface area contributed by atoms with Crippen LogP contribution in [0, 0.1) is 11.3 Å². The molecule has 6 heteroatoms. The first-order chi connectivity index (χ1) is 14.8. The molecule has 4 atom stereocenters. The SMILES string of the molecule is CC1=C2[C@@H]3OC(=O)C(CN4CCN(c5ccccc5Cl)CC4)C3(O)CC[C@@]2(C)CCC1. The molecule has 0 aromatic heterocycles. The predicted octanol–water partition coefficient (Wildman–Crippen LogP) is 4.04. The Morgan fingerprint density at radius 3 is 2.65 bits per heavy atom. The molecule has 1 N–H and O–H groups in total. The molecule has 31 heavy (non-hydrogen) atoms. The number of nitrogens with zero attached hydrogens (tertiary/aromatic N) is 2. The van der Waals surface area contributed by atoms with Crippen molar-refractivity contribution in [2.24, 2.45) is 11.3 Å². The summed E-state index contributed by atoms with van der Waals surface area (Å²) in [5.74, 6) is -0.702. The molecular formula is C25H33ClN2O3. The molecule has 0 bridgehead atoms. The van der Waals surface area contributed by atoms with Gasteiger partial charge in [0.2, 0.25) is 0 Å². The van der Waals surface area contributed by atoms with E-state index in [0.29, 0.717) is 13.0 Å². The fourth-order valence-electron chi connectivity index (χ4n) is 6.48. The van der Waals surface area contributed by atoms with Crippen molar-refractivity contribution in [3.63, 3.8) is 0 Å². The summed E-state index contributed by atoms with van der Waals surface area (Å²) in [6, 6.07) is 7.94. The van der Waals surface area contributed by atoms with Crippen molar-refractivity contribution in [3.05, 3.63) is 40.4 Å². The molecule has 2 heterocycles. The minimum atomic E-state index is -1.08. The highest BCUT2D eigenvalue weighted by molar-refractivity contribution is 6.33. The molecule has 3 fully saturated rings. The van der Waals surface area contributed by atoms with Gasteiger partial charge in [-0.15, -0.1) is 0 Å². The molecule has 5 rings (SSSR count). The molecule has 1 aromatic rings. The zero-order valence-electron chi connectivity index (χ0n) is 18.6. The van der Waals surface area contributed by atoms with Crippen LogP contribution in [0.2, 0.25) is 5.02 Å². The van der Waals surface area contributed by atoms with Crippen molar-refractivity contribution in [1.82, 2.24) is 4.90 Å². The summed E-state index contributed by atoms with van der Waals surface area (Å²) < 4.78 is 5.93. The van der Waals surface area contributed by atoms with E-state index >= 15 is 0 Å². The lowest BCUT2D eigenvalue weighted by atomic mass is 9.58. The second-order valence-electron chi connectivity index (χ2n) is 10.2. The van der Waals surface area contributed by atoms with E-state index in [1.165, 1.54) is 17.6 Å². The highest BCUT2D eigenvalue weighted by Crippen LogP contribution is 2.57. The molecular weight excluding hydrogens is 412 g/mol. The van der Waals surface area contributed by atoms with Crippen molar-refractivity contribution >= 4 is 23.3 Å². The van der Waals surface area contributed by atoms with E-state index in [4.69, 9.17) is 16.3 Å². The smallest absolute Gasteiger partial charge is 0.314 e. The number of carbonyl (C=O) groups is 1. The van der Waals surface area contributed by atoms with Gasteiger partial charge in [-0.05, 0) is 62.1 Å². The van der Waals surface area contributed by atoms with Crippen molar-refractivity contribution in [2.45, 2.75) is 57.7 Å². The van der Waals surface area contributed by atoms with Crippen molar-refractivity contribution in [2.75, 3.05) is 37.6 Å². The van der Waals surface area contributed by atoms with Crippen LogP contribution in [-0.4, -0.2) is 60.4 Å². The fraction of sp³-hybridized carbons (Fsp3) is 0.640. The van der Waals surface area contributed by atoms with Crippen LogP contribution in [0.4, 0.5) is 5.69 Å². The monoisotopic (exact) mass is 444 g/mol. The van der Waals surface area contributed by atoms with Gasteiger partial charge in [0.1, 0.15) is 11.5 Å². The fourth-order valence-corrected chi connectivity index (χ4v) is 6.73. The van der Waals surface area contributed by atoms with Crippen LogP contribution in [-0.2, 0) is 9.53 Å². The van der Waals surface area contributed by atoms with Gasteiger partial charge in [0.25, 0.3) is 0 Å². The number of fused-ring (bicyclic) bond motifs is 3. The van der Waals surface area contributed by atoms with E-state index in [0.717, 1.165) is 56.2 Å². The Bertz CT molecular complexity index is 910. The zero-order valence-corrected chi connectivity index (χ0v) is 19.3. The topological polar surface area (TPSA) is 53.0 Å². The summed E-state index contributed by atoms with van der Waals surface area (Å²) in [5, 5.41) is 12.5. The van der Waals surface area contributed by atoms with Crippen molar-refractivity contribution < 1.29 is 14.6 Å². The highest BCUT2D eigenvalue weighted by Gasteiger charge is 2.63. The Balaban J connectivity index is 1.30. The summed E-state index contributed by atoms with van der Waals surface area (Å²) >= 11 is 6.37. The Hall–Kier alpha value is -1.56. The first-order valence-corrected chi connectivity index (χ1v) is 12.0. The van der Waals surface area contributed by atoms with E-state index in [2.05, 4.69) is 29.7 Å². The number of halogens is 1. The minimum absolute atomic E-state index is 0.0645. The third-order valence-corrected chi connectivity index (χ3v) is 8.63. The first kappa shape index (κ1) is 21.3. The molecule has 0 spiro atoms. The number of hydrogen-bond donors (Lipinski definition) is 1. The van der Waals surface area contributed by atoms with Gasteiger partial charge < -0.3 is 14.7 Å². The van der Waals surface area contributed by atoms with Crippen LogP contribution < -0.4 is 4.90 Å². The molecule has 1 aromatic carbocycles. The van der Waals surface area contributed by atoms with Gasteiger partial charge in [-0.1, -0.05) is 36.2 Å². The number of anilines is 1. The summed E-state index contributed by atoms with van der Waals surface area (Å²) in [6.45, 7) is 8.41. The second kappa shape index (κ2) is 7.79. The number of esters is 1. The largest absolute Gasteiger partial charge is 0.454 e. The number of para-hydroxylation sites is 1. The quantitative estimate of drug-likeness (QED) is 0.563. The number of piperazine rings is 1. The van der Waals surface area contributed by atoms with Crippen LogP contribution in [0.1, 0.15) is 46.0 Å². The van der Waals surface area contributed by atoms with E-state index in [-0.39, 0.29) is 11.4 Å². The molecule has 168 valence electrons. The van der Waals surface area contributed by atoms with Crippen LogP contribution in [0.15, 0.2) is 35.4 Å². The van der Waals surface area contributed by atoms with E-state index in [9.17, 15) is 9.90 Å². The minimum Gasteiger partial charge on any atom is -0.454 e. The third kappa shape index (κ3) is 3.49. The zero-order chi connectivity index (χ0) is 21.8. The van der Waals surface area contributed by atoms with E-state index in [1.807, 2.05) is 18.2 Å². The number of carbonyl (C=O) groups excluding carboxylic acids is 1. The number of rotatable bonds is 3.